The van der Waals surface area contributed by atoms with Crippen LogP contribution in [-0.4, -0.2) is 26.1 Å². The summed E-state index contributed by atoms with van der Waals surface area (Å²) in [7, 11) is 3.98. The van der Waals surface area contributed by atoms with Gasteiger partial charge in [-0.25, -0.2) is 0 Å². The van der Waals surface area contributed by atoms with E-state index in [1.165, 1.54) is 11.1 Å². The van der Waals surface area contributed by atoms with Crippen LogP contribution >= 0.6 is 0 Å². The summed E-state index contributed by atoms with van der Waals surface area (Å²) in [6.45, 7) is 8.71. The molecule has 0 saturated carbocycles. The van der Waals surface area contributed by atoms with Crippen molar-refractivity contribution in [2.75, 3.05) is 19.0 Å². The van der Waals surface area contributed by atoms with Crippen molar-refractivity contribution in [3.8, 4) is 0 Å². The highest BCUT2D eigenvalue weighted by atomic mass is 16.1. The van der Waals surface area contributed by atoms with Crippen LogP contribution in [0.25, 0.3) is 0 Å². The summed E-state index contributed by atoms with van der Waals surface area (Å²) in [6.07, 6.45) is 2.07. The van der Waals surface area contributed by atoms with Gasteiger partial charge in [0.05, 0.1) is 5.69 Å². The molecule has 0 spiro atoms. The smallest absolute Gasteiger partial charge is 0.168 e. The Morgan fingerprint density at radius 1 is 0.962 bits per heavy atom. The first-order valence-electron chi connectivity index (χ1n) is 9.27. The van der Waals surface area contributed by atoms with Crippen molar-refractivity contribution >= 4 is 23.4 Å². The monoisotopic (exact) mass is 350 g/mol. The first kappa shape index (κ1) is 19.9. The topological polar surface area (TPSA) is 32.7 Å². The minimum atomic E-state index is 0.0900. The normalized spacial score (nSPS) is 11.5. The number of hydrogen-bond acceptors (Lipinski definition) is 3. The Hall–Kier alpha value is -2.42. The van der Waals surface area contributed by atoms with Gasteiger partial charge in [0.15, 0.2) is 5.78 Å². The Morgan fingerprint density at radius 3 is 1.96 bits per heavy atom. The molecule has 0 atom stereocenters. The number of carbonyl (C=O) groups excluding carboxylic acids is 1. The van der Waals surface area contributed by atoms with Crippen molar-refractivity contribution in [1.82, 2.24) is 0 Å². The second kappa shape index (κ2) is 8.79. The van der Waals surface area contributed by atoms with Crippen LogP contribution in [0.15, 0.2) is 47.5 Å². The van der Waals surface area contributed by atoms with E-state index in [0.29, 0.717) is 18.3 Å². The van der Waals surface area contributed by atoms with E-state index in [9.17, 15) is 4.79 Å². The maximum atomic E-state index is 12.4. The van der Waals surface area contributed by atoms with Crippen molar-refractivity contribution in [2.24, 2.45) is 4.99 Å². The summed E-state index contributed by atoms with van der Waals surface area (Å²) in [4.78, 5) is 19.2. The van der Waals surface area contributed by atoms with Crippen LogP contribution in [0.4, 0.5) is 11.4 Å². The van der Waals surface area contributed by atoms with Crippen LogP contribution in [0.1, 0.15) is 67.4 Å². The van der Waals surface area contributed by atoms with Gasteiger partial charge in [-0.05, 0) is 47.2 Å². The molecular weight excluding hydrogens is 320 g/mol. The second-order valence-corrected chi connectivity index (χ2v) is 7.47. The summed E-state index contributed by atoms with van der Waals surface area (Å²) in [5.41, 5.74) is 5.30. The minimum Gasteiger partial charge on any atom is -0.378 e. The fourth-order valence-corrected chi connectivity index (χ4v) is 2.94. The predicted molar refractivity (Wildman–Crippen MR) is 112 cm³/mol. The Balaban J connectivity index is 2.18. The van der Waals surface area contributed by atoms with Crippen molar-refractivity contribution in [3.63, 3.8) is 0 Å². The van der Waals surface area contributed by atoms with Gasteiger partial charge in [0.2, 0.25) is 0 Å². The number of para-hydroxylation sites is 1. The quantitative estimate of drug-likeness (QED) is 0.455. The Labute approximate surface area is 157 Å². The predicted octanol–water partition coefficient (Wildman–Crippen LogP) is 5.97. The molecule has 3 heteroatoms. The molecule has 0 saturated heterocycles. The molecule has 2 rings (SSSR count). The molecule has 0 heterocycles. The third-order valence-corrected chi connectivity index (χ3v) is 4.55. The molecule has 138 valence electrons. The largest absolute Gasteiger partial charge is 0.378 e. The van der Waals surface area contributed by atoms with E-state index in [1.807, 2.05) is 43.3 Å². The Bertz CT molecular complexity index is 745. The summed E-state index contributed by atoms with van der Waals surface area (Å²) < 4.78 is 0. The highest BCUT2D eigenvalue weighted by Gasteiger charge is 2.13. The van der Waals surface area contributed by atoms with Crippen LogP contribution in [0.2, 0.25) is 0 Å². The van der Waals surface area contributed by atoms with Gasteiger partial charge < -0.3 is 4.90 Å². The zero-order valence-corrected chi connectivity index (χ0v) is 16.8. The van der Waals surface area contributed by atoms with Crippen molar-refractivity contribution in [1.29, 1.82) is 0 Å². The number of Topliss-reactive ketones (excluding diaryl/α,β-unsaturated/α-hetero) is 1. The average molecular weight is 351 g/mol. The summed E-state index contributed by atoms with van der Waals surface area (Å²) in [6, 6.07) is 14.1. The number of aliphatic imine (C=N–C) groups is 1. The van der Waals surface area contributed by atoms with Crippen LogP contribution in [-0.2, 0) is 0 Å². The van der Waals surface area contributed by atoms with Crippen molar-refractivity contribution in [3.05, 3.63) is 59.2 Å². The number of anilines is 1. The lowest BCUT2D eigenvalue weighted by Gasteiger charge is -2.16. The van der Waals surface area contributed by atoms with Gasteiger partial charge in [-0.15, -0.1) is 0 Å². The fourth-order valence-electron chi connectivity index (χ4n) is 2.94. The minimum absolute atomic E-state index is 0.0900. The molecule has 0 bridgehead atoms. The van der Waals surface area contributed by atoms with Gasteiger partial charge in [0.25, 0.3) is 0 Å². The van der Waals surface area contributed by atoms with Crippen LogP contribution in [0, 0.1) is 0 Å². The van der Waals surface area contributed by atoms with E-state index in [2.05, 4.69) is 45.9 Å². The SMILES string of the molecule is CC(C)c1cccc(C(C)C)c1N=CCC(=O)c1ccc(N(C)C)cc1. The lowest BCUT2D eigenvalue weighted by molar-refractivity contribution is 0.100. The van der Waals surface area contributed by atoms with Crippen molar-refractivity contribution < 1.29 is 4.79 Å². The molecule has 0 aliphatic carbocycles. The molecule has 2 aromatic rings. The van der Waals surface area contributed by atoms with Crippen LogP contribution in [0.3, 0.4) is 0 Å². The summed E-state index contributed by atoms with van der Waals surface area (Å²) in [5.74, 6) is 0.887. The Morgan fingerprint density at radius 2 is 1.50 bits per heavy atom. The van der Waals surface area contributed by atoms with Gasteiger partial charge in [0.1, 0.15) is 0 Å². The number of benzene rings is 2. The molecule has 0 radical (unpaired) electrons. The molecule has 0 aliphatic heterocycles. The standard InChI is InChI=1S/C23H30N2O/c1-16(2)20-8-7-9-21(17(3)4)23(20)24-15-14-22(26)18-10-12-19(13-11-18)25(5)6/h7-13,15-17H,14H2,1-6H3. The maximum Gasteiger partial charge on any atom is 0.168 e. The molecule has 2 aromatic carbocycles. The molecule has 0 unspecified atom stereocenters. The van der Waals surface area contributed by atoms with E-state index < -0.39 is 0 Å². The number of rotatable bonds is 7. The molecule has 0 aromatic heterocycles. The number of carbonyl (C=O) groups is 1. The highest BCUT2D eigenvalue weighted by molar-refractivity contribution is 6.04. The third kappa shape index (κ3) is 4.81. The van der Waals surface area contributed by atoms with Crippen LogP contribution in [0.5, 0.6) is 0 Å². The molecule has 3 nitrogen and oxygen atoms in total. The van der Waals surface area contributed by atoms with Crippen molar-refractivity contribution in [2.45, 2.75) is 46.0 Å². The van der Waals surface area contributed by atoms with Gasteiger partial charge in [0, 0.05) is 38.0 Å². The second-order valence-electron chi connectivity index (χ2n) is 7.47. The maximum absolute atomic E-state index is 12.4. The molecule has 0 amide bonds. The zero-order chi connectivity index (χ0) is 19.3. The fraction of sp³-hybridized carbons (Fsp3) is 0.391. The Kier molecular flexibility index (Phi) is 6.73. The summed E-state index contributed by atoms with van der Waals surface area (Å²) in [5, 5.41) is 0. The van der Waals surface area contributed by atoms with Gasteiger partial charge >= 0.3 is 0 Å². The molecule has 0 fully saturated rings. The van der Waals surface area contributed by atoms with Gasteiger partial charge in [-0.2, -0.15) is 0 Å². The number of hydrogen-bond donors (Lipinski definition) is 0. The highest BCUT2D eigenvalue weighted by Crippen LogP contribution is 2.34. The van der Waals surface area contributed by atoms with Gasteiger partial charge in [-0.1, -0.05) is 45.9 Å². The van der Waals surface area contributed by atoms with E-state index in [4.69, 9.17) is 4.99 Å². The molecule has 0 aliphatic rings. The summed E-state index contributed by atoms with van der Waals surface area (Å²) >= 11 is 0. The zero-order valence-electron chi connectivity index (χ0n) is 16.8. The molecular formula is C23H30N2O. The van der Waals surface area contributed by atoms with E-state index in [-0.39, 0.29) is 5.78 Å². The van der Waals surface area contributed by atoms with E-state index in [0.717, 1.165) is 16.9 Å². The first-order valence-corrected chi connectivity index (χ1v) is 9.27. The lowest BCUT2D eigenvalue weighted by atomic mass is 9.93. The van der Waals surface area contributed by atoms with Crippen LogP contribution < -0.4 is 4.90 Å². The number of ketones is 1. The molecule has 26 heavy (non-hydrogen) atoms. The average Bonchev–Trinajstić information content (AvgIpc) is 2.61. The first-order chi connectivity index (χ1) is 12.3. The van der Waals surface area contributed by atoms with Gasteiger partial charge in [-0.3, -0.25) is 9.79 Å². The lowest BCUT2D eigenvalue weighted by Crippen LogP contribution is -2.08. The number of nitrogens with zero attached hydrogens (tertiary/aromatic N) is 2. The molecule has 0 N–H and O–H groups in total. The van der Waals surface area contributed by atoms with E-state index in [1.54, 1.807) is 6.21 Å². The third-order valence-electron chi connectivity index (χ3n) is 4.55. The van der Waals surface area contributed by atoms with E-state index >= 15 is 0 Å².